The molecule has 0 aromatic rings. The van der Waals surface area contributed by atoms with Gasteiger partial charge in [-0.05, 0) is 19.3 Å². The summed E-state index contributed by atoms with van der Waals surface area (Å²) in [7, 11) is -1.78. The van der Waals surface area contributed by atoms with Gasteiger partial charge in [-0.3, -0.25) is 4.79 Å². The molecule has 1 saturated heterocycles. The number of esters is 1. The second-order valence-corrected chi connectivity index (χ2v) is 7.26. The minimum Gasteiger partial charge on any atom is -0.469 e. The summed E-state index contributed by atoms with van der Waals surface area (Å²) in [6.07, 6.45) is 4.60. The largest absolute Gasteiger partial charge is 0.469 e. The van der Waals surface area contributed by atoms with Gasteiger partial charge in [-0.25, -0.2) is 8.42 Å². The Balaban J connectivity index is 2.37. The molecule has 0 bridgehead atoms. The predicted molar refractivity (Wildman–Crippen MR) is 59.7 cm³/mol. The van der Waals surface area contributed by atoms with Crippen LogP contribution >= 0.6 is 0 Å². The summed E-state index contributed by atoms with van der Waals surface area (Å²) in [5.74, 6) is -0.627. The molecule has 2 rings (SSSR count). The zero-order chi connectivity index (χ0) is 11.8. The van der Waals surface area contributed by atoms with Crippen molar-refractivity contribution in [2.75, 3.05) is 12.9 Å². The quantitative estimate of drug-likeness (QED) is 0.654. The summed E-state index contributed by atoms with van der Waals surface area (Å²) in [6.45, 7) is 0. The van der Waals surface area contributed by atoms with Crippen molar-refractivity contribution in [2.45, 2.75) is 43.3 Å². The first-order valence-electron chi connectivity index (χ1n) is 5.84. The molecule has 92 valence electrons. The monoisotopic (exact) mass is 246 g/mol. The topological polar surface area (TPSA) is 60.4 Å². The first-order valence-corrected chi connectivity index (χ1v) is 7.49. The maximum absolute atomic E-state index is 12.2. The van der Waals surface area contributed by atoms with Crippen molar-refractivity contribution in [1.29, 1.82) is 0 Å². The average Bonchev–Trinajstić information content (AvgIpc) is 2.52. The van der Waals surface area contributed by atoms with Crippen molar-refractivity contribution >= 4 is 15.8 Å². The lowest BCUT2D eigenvalue weighted by Crippen LogP contribution is -2.45. The number of hydrogen-bond donors (Lipinski definition) is 0. The van der Waals surface area contributed by atoms with Gasteiger partial charge in [0, 0.05) is 0 Å². The highest BCUT2D eigenvalue weighted by molar-refractivity contribution is 7.93. The van der Waals surface area contributed by atoms with Crippen LogP contribution in [0.3, 0.4) is 0 Å². The van der Waals surface area contributed by atoms with Crippen LogP contribution < -0.4 is 0 Å². The minimum absolute atomic E-state index is 0.146. The summed E-state index contributed by atoms with van der Waals surface area (Å²) in [5, 5.41) is 0. The van der Waals surface area contributed by atoms with E-state index in [1.54, 1.807) is 0 Å². The molecule has 1 heterocycles. The van der Waals surface area contributed by atoms with Crippen molar-refractivity contribution in [3.05, 3.63) is 0 Å². The summed E-state index contributed by atoms with van der Waals surface area (Å²) >= 11 is 0. The molecular weight excluding hydrogens is 228 g/mol. The van der Waals surface area contributed by atoms with Crippen LogP contribution in [-0.2, 0) is 19.4 Å². The van der Waals surface area contributed by atoms with Gasteiger partial charge in [-0.15, -0.1) is 0 Å². The van der Waals surface area contributed by atoms with Gasteiger partial charge in [-0.2, -0.15) is 0 Å². The number of hydrogen-bond acceptors (Lipinski definition) is 4. The standard InChI is InChI=1S/C11H18O4S/c1-15-10(12)9-5-8-16(13,14)11(9)6-3-2-4-7-11/h9H,2-8H2,1H3. The van der Waals surface area contributed by atoms with E-state index in [0.717, 1.165) is 19.3 Å². The molecule has 0 aromatic carbocycles. The summed E-state index contributed by atoms with van der Waals surface area (Å²) in [6, 6.07) is 0. The van der Waals surface area contributed by atoms with E-state index >= 15 is 0 Å². The molecule has 1 unspecified atom stereocenters. The van der Waals surface area contributed by atoms with Crippen LogP contribution in [0.15, 0.2) is 0 Å². The van der Waals surface area contributed by atoms with E-state index in [0.29, 0.717) is 19.3 Å². The van der Waals surface area contributed by atoms with E-state index in [2.05, 4.69) is 0 Å². The average molecular weight is 246 g/mol. The third-order valence-corrected chi connectivity index (χ3v) is 6.82. The van der Waals surface area contributed by atoms with Gasteiger partial charge in [0.25, 0.3) is 0 Å². The predicted octanol–water partition coefficient (Wildman–Crippen LogP) is 1.30. The molecule has 1 spiro atoms. The van der Waals surface area contributed by atoms with E-state index in [4.69, 9.17) is 4.74 Å². The fraction of sp³-hybridized carbons (Fsp3) is 0.909. The summed E-state index contributed by atoms with van der Waals surface area (Å²) in [5.41, 5.74) is 0. The summed E-state index contributed by atoms with van der Waals surface area (Å²) in [4.78, 5) is 11.7. The number of methoxy groups -OCH3 is 1. The van der Waals surface area contributed by atoms with Crippen molar-refractivity contribution < 1.29 is 17.9 Å². The zero-order valence-corrected chi connectivity index (χ0v) is 10.4. The van der Waals surface area contributed by atoms with Gasteiger partial charge in [0.2, 0.25) is 0 Å². The van der Waals surface area contributed by atoms with Crippen LogP contribution in [0.5, 0.6) is 0 Å². The Kier molecular flexibility index (Phi) is 2.99. The van der Waals surface area contributed by atoms with Gasteiger partial charge >= 0.3 is 5.97 Å². The molecule has 0 N–H and O–H groups in total. The molecule has 4 nitrogen and oxygen atoms in total. The maximum Gasteiger partial charge on any atom is 0.310 e. The number of ether oxygens (including phenoxy) is 1. The van der Waals surface area contributed by atoms with Crippen molar-refractivity contribution in [1.82, 2.24) is 0 Å². The van der Waals surface area contributed by atoms with Crippen molar-refractivity contribution in [2.24, 2.45) is 5.92 Å². The fourth-order valence-electron chi connectivity index (χ4n) is 3.24. The lowest BCUT2D eigenvalue weighted by atomic mass is 9.78. The van der Waals surface area contributed by atoms with E-state index in [9.17, 15) is 13.2 Å². The second kappa shape index (κ2) is 4.02. The van der Waals surface area contributed by atoms with E-state index < -0.39 is 20.5 Å². The Morgan fingerprint density at radius 1 is 1.25 bits per heavy atom. The maximum atomic E-state index is 12.2. The number of carbonyl (C=O) groups is 1. The normalized spacial score (nSPS) is 31.4. The molecular formula is C11H18O4S. The molecule has 2 fully saturated rings. The first kappa shape index (κ1) is 11.9. The smallest absolute Gasteiger partial charge is 0.310 e. The third kappa shape index (κ3) is 1.56. The van der Waals surface area contributed by atoms with E-state index in [-0.39, 0.29) is 11.7 Å². The molecule has 1 saturated carbocycles. The van der Waals surface area contributed by atoms with Gasteiger partial charge in [-0.1, -0.05) is 19.3 Å². The lowest BCUT2D eigenvalue weighted by molar-refractivity contribution is -0.146. The Hall–Kier alpha value is -0.580. The van der Waals surface area contributed by atoms with Crippen LogP contribution in [0, 0.1) is 5.92 Å². The Morgan fingerprint density at radius 3 is 2.44 bits per heavy atom. The first-order chi connectivity index (χ1) is 7.53. The molecule has 2 aliphatic rings. The molecule has 1 aliphatic heterocycles. The van der Waals surface area contributed by atoms with Gasteiger partial charge in [0.1, 0.15) is 0 Å². The van der Waals surface area contributed by atoms with Crippen molar-refractivity contribution in [3.8, 4) is 0 Å². The van der Waals surface area contributed by atoms with Gasteiger partial charge in [0.05, 0.1) is 23.5 Å². The van der Waals surface area contributed by atoms with Crippen LogP contribution in [0.4, 0.5) is 0 Å². The second-order valence-electron chi connectivity index (χ2n) is 4.81. The van der Waals surface area contributed by atoms with Gasteiger partial charge in [0.15, 0.2) is 9.84 Å². The third-order valence-electron chi connectivity index (χ3n) is 4.12. The van der Waals surface area contributed by atoms with Crippen LogP contribution in [-0.4, -0.2) is 32.0 Å². The molecule has 0 aromatic heterocycles. The highest BCUT2D eigenvalue weighted by Gasteiger charge is 2.57. The highest BCUT2D eigenvalue weighted by atomic mass is 32.2. The Labute approximate surface area is 96.3 Å². The van der Waals surface area contributed by atoms with Crippen LogP contribution in [0.1, 0.15) is 38.5 Å². The number of rotatable bonds is 1. The molecule has 0 amide bonds. The van der Waals surface area contributed by atoms with E-state index in [1.807, 2.05) is 0 Å². The fourth-order valence-corrected chi connectivity index (χ4v) is 5.75. The SMILES string of the molecule is COC(=O)C1CCS(=O)(=O)C12CCCCC2. The Bertz CT molecular complexity index is 379. The molecule has 1 aliphatic carbocycles. The molecule has 1 atom stereocenters. The van der Waals surface area contributed by atoms with Crippen molar-refractivity contribution in [3.63, 3.8) is 0 Å². The van der Waals surface area contributed by atoms with Crippen LogP contribution in [0.25, 0.3) is 0 Å². The molecule has 16 heavy (non-hydrogen) atoms. The molecule has 0 radical (unpaired) electrons. The molecule has 5 heteroatoms. The summed E-state index contributed by atoms with van der Waals surface area (Å²) < 4.78 is 28.3. The van der Waals surface area contributed by atoms with Gasteiger partial charge < -0.3 is 4.74 Å². The zero-order valence-electron chi connectivity index (χ0n) is 9.57. The van der Waals surface area contributed by atoms with E-state index in [1.165, 1.54) is 7.11 Å². The number of sulfone groups is 1. The highest BCUT2D eigenvalue weighted by Crippen LogP contribution is 2.48. The minimum atomic E-state index is -3.11. The number of carbonyl (C=O) groups excluding carboxylic acids is 1. The van der Waals surface area contributed by atoms with Crippen LogP contribution in [0.2, 0.25) is 0 Å². The Morgan fingerprint density at radius 2 is 1.88 bits per heavy atom. The lowest BCUT2D eigenvalue weighted by Gasteiger charge is -2.36.